The molecule has 4 nitrogen and oxygen atoms in total. The van der Waals surface area contributed by atoms with E-state index in [0.29, 0.717) is 19.6 Å². The number of rotatable bonds is 4. The SMILES string of the molecule is O=C(CN1CCN(C(=O)c2ccccc2)CC1)c1cccs1. The predicted octanol–water partition coefficient (Wildman–Crippen LogP) is 2.39. The van der Waals surface area contributed by atoms with E-state index in [-0.39, 0.29) is 11.7 Å². The molecule has 0 atom stereocenters. The van der Waals surface area contributed by atoms with Gasteiger partial charge in [-0.1, -0.05) is 24.3 Å². The molecule has 1 aliphatic rings. The van der Waals surface area contributed by atoms with E-state index < -0.39 is 0 Å². The third-order valence-electron chi connectivity index (χ3n) is 3.84. The van der Waals surface area contributed by atoms with Crippen molar-refractivity contribution in [1.29, 1.82) is 0 Å². The summed E-state index contributed by atoms with van der Waals surface area (Å²) in [7, 11) is 0. The number of carbonyl (C=O) groups excluding carboxylic acids is 2. The van der Waals surface area contributed by atoms with E-state index in [1.54, 1.807) is 0 Å². The number of ketones is 1. The second-order valence-electron chi connectivity index (χ2n) is 5.33. The van der Waals surface area contributed by atoms with Gasteiger partial charge < -0.3 is 4.90 Å². The monoisotopic (exact) mass is 314 g/mol. The average Bonchev–Trinajstić information content (AvgIpc) is 3.10. The zero-order chi connectivity index (χ0) is 15.4. The summed E-state index contributed by atoms with van der Waals surface area (Å²) in [5.74, 6) is 0.239. The molecule has 1 amide bonds. The summed E-state index contributed by atoms with van der Waals surface area (Å²) in [6.07, 6.45) is 0. The first-order valence-corrected chi connectivity index (χ1v) is 8.25. The van der Waals surface area contributed by atoms with Crippen LogP contribution in [0, 0.1) is 0 Å². The molecule has 0 bridgehead atoms. The van der Waals surface area contributed by atoms with Crippen molar-refractivity contribution in [2.45, 2.75) is 0 Å². The number of nitrogens with zero attached hydrogens (tertiary/aromatic N) is 2. The van der Waals surface area contributed by atoms with Crippen molar-refractivity contribution >= 4 is 23.0 Å². The van der Waals surface area contributed by atoms with E-state index in [2.05, 4.69) is 4.90 Å². The molecule has 0 N–H and O–H groups in total. The summed E-state index contributed by atoms with van der Waals surface area (Å²) in [4.78, 5) is 29.2. The summed E-state index contributed by atoms with van der Waals surface area (Å²) in [6, 6.07) is 13.1. The van der Waals surface area contributed by atoms with Gasteiger partial charge in [0, 0.05) is 31.7 Å². The molecular formula is C17H18N2O2S. The Morgan fingerprint density at radius 1 is 0.955 bits per heavy atom. The number of hydrogen-bond acceptors (Lipinski definition) is 4. The highest BCUT2D eigenvalue weighted by Crippen LogP contribution is 2.12. The average molecular weight is 314 g/mol. The molecule has 5 heteroatoms. The van der Waals surface area contributed by atoms with Crippen LogP contribution in [0.1, 0.15) is 20.0 Å². The van der Waals surface area contributed by atoms with Crippen molar-refractivity contribution in [3.63, 3.8) is 0 Å². The van der Waals surface area contributed by atoms with E-state index in [4.69, 9.17) is 0 Å². The molecule has 0 aliphatic carbocycles. The van der Waals surface area contributed by atoms with Gasteiger partial charge in [-0.05, 0) is 23.6 Å². The van der Waals surface area contributed by atoms with Crippen molar-refractivity contribution in [3.05, 3.63) is 58.3 Å². The zero-order valence-electron chi connectivity index (χ0n) is 12.3. The number of Topliss-reactive ketones (excluding diaryl/α,β-unsaturated/α-hetero) is 1. The fourth-order valence-electron chi connectivity index (χ4n) is 2.59. The van der Waals surface area contributed by atoms with Crippen LogP contribution in [0.15, 0.2) is 47.8 Å². The van der Waals surface area contributed by atoms with Crippen LogP contribution in [0.4, 0.5) is 0 Å². The molecule has 0 spiro atoms. The lowest BCUT2D eigenvalue weighted by atomic mass is 10.2. The molecule has 1 aromatic heterocycles. The maximum atomic E-state index is 12.4. The van der Waals surface area contributed by atoms with E-state index in [1.807, 2.05) is 52.7 Å². The Morgan fingerprint density at radius 2 is 1.68 bits per heavy atom. The van der Waals surface area contributed by atoms with Crippen LogP contribution in [0.25, 0.3) is 0 Å². The zero-order valence-corrected chi connectivity index (χ0v) is 13.1. The lowest BCUT2D eigenvalue weighted by Gasteiger charge is -2.34. The predicted molar refractivity (Wildman–Crippen MR) is 87.4 cm³/mol. The van der Waals surface area contributed by atoms with Gasteiger partial charge in [0.05, 0.1) is 11.4 Å². The molecule has 22 heavy (non-hydrogen) atoms. The number of benzene rings is 1. The summed E-state index contributed by atoms with van der Waals surface area (Å²) < 4.78 is 0. The fourth-order valence-corrected chi connectivity index (χ4v) is 3.25. The minimum Gasteiger partial charge on any atom is -0.336 e. The maximum Gasteiger partial charge on any atom is 0.253 e. The van der Waals surface area contributed by atoms with Crippen LogP contribution in [0.2, 0.25) is 0 Å². The molecule has 1 fully saturated rings. The van der Waals surface area contributed by atoms with Crippen molar-refractivity contribution < 1.29 is 9.59 Å². The lowest BCUT2D eigenvalue weighted by molar-refractivity contribution is 0.0625. The summed E-state index contributed by atoms with van der Waals surface area (Å²) >= 11 is 1.48. The van der Waals surface area contributed by atoms with Gasteiger partial charge in [0.2, 0.25) is 0 Å². The van der Waals surface area contributed by atoms with Gasteiger partial charge in [-0.3, -0.25) is 14.5 Å². The first kappa shape index (κ1) is 14.9. The van der Waals surface area contributed by atoms with Crippen LogP contribution in [0.3, 0.4) is 0 Å². The molecule has 1 saturated heterocycles. The normalized spacial score (nSPS) is 15.7. The van der Waals surface area contributed by atoms with Crippen LogP contribution >= 0.6 is 11.3 Å². The van der Waals surface area contributed by atoms with Gasteiger partial charge in [-0.2, -0.15) is 0 Å². The van der Waals surface area contributed by atoms with Crippen molar-refractivity contribution in [3.8, 4) is 0 Å². The Kier molecular flexibility index (Phi) is 4.65. The van der Waals surface area contributed by atoms with E-state index >= 15 is 0 Å². The first-order valence-electron chi connectivity index (χ1n) is 7.37. The second-order valence-corrected chi connectivity index (χ2v) is 6.28. The Bertz CT molecular complexity index is 632. The molecule has 1 aliphatic heterocycles. The molecule has 114 valence electrons. The number of carbonyl (C=O) groups is 2. The third kappa shape index (κ3) is 3.43. The first-order chi connectivity index (χ1) is 10.7. The van der Waals surface area contributed by atoms with Crippen molar-refractivity contribution in [2.75, 3.05) is 32.7 Å². The highest BCUT2D eigenvalue weighted by atomic mass is 32.1. The fraction of sp³-hybridized carbons (Fsp3) is 0.294. The van der Waals surface area contributed by atoms with Gasteiger partial charge in [0.25, 0.3) is 5.91 Å². The molecule has 2 heterocycles. The van der Waals surface area contributed by atoms with Crippen LogP contribution in [0.5, 0.6) is 0 Å². The molecule has 0 saturated carbocycles. The molecule has 0 radical (unpaired) electrons. The van der Waals surface area contributed by atoms with E-state index in [0.717, 1.165) is 23.5 Å². The standard InChI is InChI=1S/C17H18N2O2S/c20-15(16-7-4-12-22-16)13-18-8-10-19(11-9-18)17(21)14-5-2-1-3-6-14/h1-7,12H,8-11,13H2. The van der Waals surface area contributed by atoms with Crippen molar-refractivity contribution in [2.24, 2.45) is 0 Å². The Hall–Kier alpha value is -1.98. The molecule has 2 aromatic rings. The summed E-state index contributed by atoms with van der Waals surface area (Å²) in [5, 5.41) is 1.92. The van der Waals surface area contributed by atoms with Gasteiger partial charge in [0.1, 0.15) is 0 Å². The Balaban J connectivity index is 1.52. The highest BCUT2D eigenvalue weighted by molar-refractivity contribution is 7.12. The van der Waals surface area contributed by atoms with Crippen LogP contribution in [-0.4, -0.2) is 54.2 Å². The number of hydrogen-bond donors (Lipinski definition) is 0. The van der Waals surface area contributed by atoms with E-state index in [1.165, 1.54) is 11.3 Å². The van der Waals surface area contributed by atoms with E-state index in [9.17, 15) is 9.59 Å². The molecular weight excluding hydrogens is 296 g/mol. The lowest BCUT2D eigenvalue weighted by Crippen LogP contribution is -2.49. The number of thiophene rings is 1. The van der Waals surface area contributed by atoms with Gasteiger partial charge in [0.15, 0.2) is 5.78 Å². The number of amides is 1. The number of piperazine rings is 1. The molecule has 0 unspecified atom stereocenters. The topological polar surface area (TPSA) is 40.6 Å². The summed E-state index contributed by atoms with van der Waals surface area (Å²) in [5.41, 5.74) is 0.727. The van der Waals surface area contributed by atoms with Crippen LogP contribution in [-0.2, 0) is 0 Å². The Labute approximate surface area is 134 Å². The molecule has 1 aromatic carbocycles. The summed E-state index contributed by atoms with van der Waals surface area (Å²) in [6.45, 7) is 3.27. The largest absolute Gasteiger partial charge is 0.336 e. The van der Waals surface area contributed by atoms with Gasteiger partial charge >= 0.3 is 0 Å². The van der Waals surface area contributed by atoms with Gasteiger partial charge in [-0.15, -0.1) is 11.3 Å². The third-order valence-corrected chi connectivity index (χ3v) is 4.75. The maximum absolute atomic E-state index is 12.4. The Morgan fingerprint density at radius 3 is 2.32 bits per heavy atom. The smallest absolute Gasteiger partial charge is 0.253 e. The second kappa shape index (κ2) is 6.85. The van der Waals surface area contributed by atoms with Gasteiger partial charge in [-0.25, -0.2) is 0 Å². The molecule has 3 rings (SSSR count). The minimum absolute atomic E-state index is 0.0739. The minimum atomic E-state index is 0.0739. The highest BCUT2D eigenvalue weighted by Gasteiger charge is 2.23. The van der Waals surface area contributed by atoms with Crippen LogP contribution < -0.4 is 0 Å². The quantitative estimate of drug-likeness (QED) is 0.814. The van der Waals surface area contributed by atoms with Crippen molar-refractivity contribution in [1.82, 2.24) is 9.80 Å².